The van der Waals surface area contributed by atoms with Crippen LogP contribution in [0.1, 0.15) is 11.1 Å². The molecule has 0 atom stereocenters. The van der Waals surface area contributed by atoms with Crippen molar-refractivity contribution in [3.05, 3.63) is 64.4 Å². The van der Waals surface area contributed by atoms with Crippen LogP contribution in [0.2, 0.25) is 0 Å². The average Bonchev–Trinajstić information content (AvgIpc) is 3.13. The van der Waals surface area contributed by atoms with Gasteiger partial charge in [-0.15, -0.1) is 0 Å². The highest BCUT2D eigenvalue weighted by atomic mass is 32.1. The zero-order valence-electron chi connectivity index (χ0n) is 15.6. The summed E-state index contributed by atoms with van der Waals surface area (Å²) >= 11 is 1.74. The summed E-state index contributed by atoms with van der Waals surface area (Å²) in [4.78, 5) is 2.42. The minimum Gasteiger partial charge on any atom is -0.497 e. The number of hydrogen-bond donors (Lipinski definition) is 0. The zero-order valence-corrected chi connectivity index (χ0v) is 16.4. The quantitative estimate of drug-likeness (QED) is 0.634. The standard InChI is InChI=1S/C22H23NO3S/c1-24-20-5-3-17(4-6-20)18-11-19-14-23(13-16-7-10-27-15-16)8-9-26-22(19)21(12-18)25-2/h3-7,10-12,15H,8-9,13-14H2,1-2H3. The average molecular weight is 381 g/mol. The van der Waals surface area contributed by atoms with Crippen molar-refractivity contribution in [2.45, 2.75) is 13.1 Å². The second-order valence-electron chi connectivity index (χ2n) is 6.59. The number of fused-ring (bicyclic) bond motifs is 1. The molecule has 0 unspecified atom stereocenters. The molecular weight excluding hydrogens is 358 g/mol. The Kier molecular flexibility index (Phi) is 5.32. The molecule has 0 fully saturated rings. The maximum absolute atomic E-state index is 6.06. The highest BCUT2D eigenvalue weighted by Gasteiger charge is 2.20. The largest absolute Gasteiger partial charge is 0.497 e. The van der Waals surface area contributed by atoms with Crippen molar-refractivity contribution in [2.24, 2.45) is 0 Å². The van der Waals surface area contributed by atoms with Crippen LogP contribution in [0.4, 0.5) is 0 Å². The molecule has 2 heterocycles. The molecule has 4 nitrogen and oxygen atoms in total. The molecular formula is C22H23NO3S. The lowest BCUT2D eigenvalue weighted by Gasteiger charge is -2.19. The molecule has 2 aromatic carbocycles. The van der Waals surface area contributed by atoms with Crippen molar-refractivity contribution in [2.75, 3.05) is 27.4 Å². The third-order valence-electron chi connectivity index (χ3n) is 4.81. The lowest BCUT2D eigenvalue weighted by atomic mass is 10.0. The Bertz CT molecular complexity index is 891. The second-order valence-corrected chi connectivity index (χ2v) is 7.37. The first-order chi connectivity index (χ1) is 13.3. The highest BCUT2D eigenvalue weighted by Crippen LogP contribution is 2.38. The molecule has 1 aliphatic heterocycles. The van der Waals surface area contributed by atoms with Crippen LogP contribution in [0, 0.1) is 0 Å². The molecule has 0 saturated carbocycles. The number of benzene rings is 2. The zero-order chi connectivity index (χ0) is 18.6. The minimum absolute atomic E-state index is 0.662. The van der Waals surface area contributed by atoms with E-state index in [1.165, 1.54) is 5.56 Å². The molecule has 0 saturated heterocycles. The van der Waals surface area contributed by atoms with Gasteiger partial charge in [0.15, 0.2) is 11.5 Å². The Labute approximate surface area is 163 Å². The van der Waals surface area contributed by atoms with E-state index in [-0.39, 0.29) is 0 Å². The smallest absolute Gasteiger partial charge is 0.165 e. The van der Waals surface area contributed by atoms with Crippen molar-refractivity contribution in [1.82, 2.24) is 4.90 Å². The van der Waals surface area contributed by atoms with E-state index in [1.54, 1.807) is 25.6 Å². The first-order valence-corrected chi connectivity index (χ1v) is 9.92. The van der Waals surface area contributed by atoms with E-state index in [4.69, 9.17) is 14.2 Å². The van der Waals surface area contributed by atoms with Crippen LogP contribution in [0.15, 0.2) is 53.2 Å². The van der Waals surface area contributed by atoms with Crippen LogP contribution in [0.25, 0.3) is 11.1 Å². The van der Waals surface area contributed by atoms with Gasteiger partial charge >= 0.3 is 0 Å². The topological polar surface area (TPSA) is 30.9 Å². The normalized spacial score (nSPS) is 14.1. The van der Waals surface area contributed by atoms with E-state index >= 15 is 0 Å². The fourth-order valence-electron chi connectivity index (χ4n) is 3.42. The monoisotopic (exact) mass is 381 g/mol. The van der Waals surface area contributed by atoms with Gasteiger partial charge in [0.2, 0.25) is 0 Å². The molecule has 3 aromatic rings. The second kappa shape index (κ2) is 8.03. The van der Waals surface area contributed by atoms with E-state index in [0.29, 0.717) is 6.61 Å². The lowest BCUT2D eigenvalue weighted by Crippen LogP contribution is -2.24. The number of thiophene rings is 1. The molecule has 27 heavy (non-hydrogen) atoms. The van der Waals surface area contributed by atoms with Gasteiger partial charge in [0.1, 0.15) is 12.4 Å². The third kappa shape index (κ3) is 3.94. The maximum atomic E-state index is 6.06. The summed E-state index contributed by atoms with van der Waals surface area (Å²) in [7, 11) is 3.38. The van der Waals surface area contributed by atoms with Gasteiger partial charge in [-0.1, -0.05) is 12.1 Å². The Morgan fingerprint density at radius 3 is 2.59 bits per heavy atom. The number of ether oxygens (including phenoxy) is 3. The summed E-state index contributed by atoms with van der Waals surface area (Å²) in [6, 6.07) is 14.5. The van der Waals surface area contributed by atoms with Crippen molar-refractivity contribution in [1.29, 1.82) is 0 Å². The molecule has 1 aromatic heterocycles. The van der Waals surface area contributed by atoms with E-state index in [1.807, 2.05) is 12.1 Å². The first kappa shape index (κ1) is 17.9. The molecule has 0 N–H and O–H groups in total. The van der Waals surface area contributed by atoms with Crippen molar-refractivity contribution >= 4 is 11.3 Å². The van der Waals surface area contributed by atoms with Crippen molar-refractivity contribution in [3.63, 3.8) is 0 Å². The highest BCUT2D eigenvalue weighted by molar-refractivity contribution is 7.07. The fourth-order valence-corrected chi connectivity index (χ4v) is 4.08. The number of rotatable bonds is 5. The fraction of sp³-hybridized carbons (Fsp3) is 0.273. The SMILES string of the molecule is COc1ccc(-c2cc3c(c(OC)c2)OCCN(Cc2ccsc2)C3)cc1. The first-order valence-electron chi connectivity index (χ1n) is 8.98. The van der Waals surface area contributed by atoms with Crippen LogP contribution in [0.3, 0.4) is 0 Å². The van der Waals surface area contributed by atoms with Gasteiger partial charge in [0, 0.05) is 25.2 Å². The van der Waals surface area contributed by atoms with Gasteiger partial charge in [0.05, 0.1) is 14.2 Å². The van der Waals surface area contributed by atoms with Gasteiger partial charge in [-0.2, -0.15) is 11.3 Å². The summed E-state index contributed by atoms with van der Waals surface area (Å²) < 4.78 is 17.0. The predicted octanol–water partition coefficient (Wildman–Crippen LogP) is 4.83. The van der Waals surface area contributed by atoms with E-state index in [9.17, 15) is 0 Å². The summed E-state index contributed by atoms with van der Waals surface area (Å²) in [5.41, 5.74) is 4.76. The van der Waals surface area contributed by atoms with E-state index in [0.717, 1.165) is 53.6 Å². The molecule has 0 radical (unpaired) electrons. The Balaban J connectivity index is 1.67. The molecule has 5 heteroatoms. The Morgan fingerprint density at radius 2 is 1.89 bits per heavy atom. The Hall–Kier alpha value is -2.50. The van der Waals surface area contributed by atoms with Crippen LogP contribution >= 0.6 is 11.3 Å². The third-order valence-corrected chi connectivity index (χ3v) is 5.54. The number of methoxy groups -OCH3 is 2. The Morgan fingerprint density at radius 1 is 1.04 bits per heavy atom. The van der Waals surface area contributed by atoms with E-state index in [2.05, 4.69) is 46.0 Å². The van der Waals surface area contributed by atoms with Gasteiger partial charge < -0.3 is 14.2 Å². The minimum atomic E-state index is 0.662. The van der Waals surface area contributed by atoms with Crippen LogP contribution < -0.4 is 14.2 Å². The summed E-state index contributed by atoms with van der Waals surface area (Å²) in [6.07, 6.45) is 0. The molecule has 0 spiro atoms. The molecule has 1 aliphatic rings. The summed E-state index contributed by atoms with van der Waals surface area (Å²) in [6.45, 7) is 3.33. The van der Waals surface area contributed by atoms with Crippen LogP contribution in [-0.2, 0) is 13.1 Å². The molecule has 0 aliphatic carbocycles. The summed E-state index contributed by atoms with van der Waals surface area (Å²) in [5, 5.41) is 4.34. The number of hydrogen-bond acceptors (Lipinski definition) is 5. The molecule has 4 rings (SSSR count). The lowest BCUT2D eigenvalue weighted by molar-refractivity contribution is 0.217. The maximum Gasteiger partial charge on any atom is 0.165 e. The molecule has 0 amide bonds. The molecule has 0 bridgehead atoms. The van der Waals surface area contributed by atoms with Gasteiger partial charge in [-0.05, 0) is 57.8 Å². The summed E-state index contributed by atoms with van der Waals surface area (Å²) in [5.74, 6) is 2.50. The van der Waals surface area contributed by atoms with Crippen LogP contribution in [-0.4, -0.2) is 32.3 Å². The predicted molar refractivity (Wildman–Crippen MR) is 109 cm³/mol. The van der Waals surface area contributed by atoms with E-state index < -0.39 is 0 Å². The van der Waals surface area contributed by atoms with Crippen molar-refractivity contribution < 1.29 is 14.2 Å². The van der Waals surface area contributed by atoms with Gasteiger partial charge in [-0.3, -0.25) is 4.90 Å². The molecule has 140 valence electrons. The van der Waals surface area contributed by atoms with Gasteiger partial charge in [0.25, 0.3) is 0 Å². The van der Waals surface area contributed by atoms with Crippen LogP contribution in [0.5, 0.6) is 17.2 Å². The number of nitrogens with zero attached hydrogens (tertiary/aromatic N) is 1. The van der Waals surface area contributed by atoms with Gasteiger partial charge in [-0.25, -0.2) is 0 Å². The van der Waals surface area contributed by atoms with Crippen molar-refractivity contribution in [3.8, 4) is 28.4 Å².